The number of hydrogen-bond acceptors (Lipinski definition) is 7. The van der Waals surface area contributed by atoms with Gasteiger partial charge in [0.15, 0.2) is 6.10 Å². The molecule has 7 heteroatoms. The third kappa shape index (κ3) is 0.962. The Hall–Kier alpha value is -1.18. The fourth-order valence-corrected chi connectivity index (χ4v) is 5.83. The van der Waals surface area contributed by atoms with Crippen LogP contribution in [0, 0.1) is 17.3 Å². The molecule has 4 unspecified atom stereocenters. The van der Waals surface area contributed by atoms with Gasteiger partial charge in [0.1, 0.15) is 12.2 Å². The van der Waals surface area contributed by atoms with E-state index >= 15 is 0 Å². The Morgan fingerprint density at radius 1 is 1.27 bits per heavy atom. The number of rotatable bonds is 1. The third-order valence-corrected chi connectivity index (χ3v) is 6.85. The van der Waals surface area contributed by atoms with E-state index in [1.165, 1.54) is 0 Å². The van der Waals surface area contributed by atoms with Crippen LogP contribution in [0.15, 0.2) is 0 Å². The molecule has 0 aromatic carbocycles. The van der Waals surface area contributed by atoms with Gasteiger partial charge in [-0.05, 0) is 20.8 Å². The van der Waals surface area contributed by atoms with Crippen LogP contribution in [0.2, 0.25) is 0 Å². The molecule has 0 aromatic rings. The van der Waals surface area contributed by atoms with Crippen molar-refractivity contribution in [1.29, 1.82) is 0 Å². The van der Waals surface area contributed by atoms with Gasteiger partial charge in [-0.3, -0.25) is 4.79 Å². The fourth-order valence-electron chi connectivity index (χ4n) is 5.83. The van der Waals surface area contributed by atoms with Gasteiger partial charge in [0.05, 0.1) is 22.5 Å². The Kier molecular flexibility index (Phi) is 1.85. The zero-order valence-electron chi connectivity index (χ0n) is 12.5. The number of esters is 2. The van der Waals surface area contributed by atoms with Crippen molar-refractivity contribution in [2.45, 2.75) is 62.3 Å². The molecule has 3 aliphatic heterocycles. The van der Waals surface area contributed by atoms with E-state index in [2.05, 4.69) is 0 Å². The minimum absolute atomic E-state index is 0.189. The normalized spacial score (nSPS) is 60.7. The second-order valence-corrected chi connectivity index (χ2v) is 8.06. The summed E-state index contributed by atoms with van der Waals surface area (Å²) >= 11 is 0. The SMILES string of the molecule is CC(C)(O)C1[C@H]2OC(=O)[C@@H]1C1(O)C[C@H]3OC34C(=O)O[C@H]2C14C. The van der Waals surface area contributed by atoms with Crippen molar-refractivity contribution in [3.63, 3.8) is 0 Å². The molecule has 120 valence electrons. The monoisotopic (exact) mass is 310 g/mol. The first kappa shape index (κ1) is 13.3. The number of epoxide rings is 1. The number of fused-ring (bicyclic) bond motifs is 4. The Morgan fingerprint density at radius 2 is 1.95 bits per heavy atom. The molecule has 5 rings (SSSR count). The lowest BCUT2D eigenvalue weighted by Crippen LogP contribution is -2.68. The first-order chi connectivity index (χ1) is 10.1. The van der Waals surface area contributed by atoms with E-state index in [4.69, 9.17) is 14.2 Å². The fraction of sp³-hybridized carbons (Fsp3) is 0.867. The van der Waals surface area contributed by atoms with Crippen LogP contribution in [0.4, 0.5) is 0 Å². The molecule has 5 aliphatic rings. The summed E-state index contributed by atoms with van der Waals surface area (Å²) in [5.74, 6) is -2.51. The van der Waals surface area contributed by atoms with Crippen molar-refractivity contribution in [1.82, 2.24) is 0 Å². The molecule has 0 aromatic heterocycles. The lowest BCUT2D eigenvalue weighted by molar-refractivity contribution is -0.223. The van der Waals surface area contributed by atoms with Crippen molar-refractivity contribution in [2.75, 3.05) is 0 Å². The van der Waals surface area contributed by atoms with Crippen LogP contribution in [0.1, 0.15) is 27.2 Å². The topological polar surface area (TPSA) is 106 Å². The molecule has 7 nitrogen and oxygen atoms in total. The highest BCUT2D eigenvalue weighted by Crippen LogP contribution is 2.77. The minimum Gasteiger partial charge on any atom is -0.458 e. The van der Waals surface area contributed by atoms with Crippen molar-refractivity contribution < 1.29 is 34.0 Å². The molecular formula is C15H18O7. The van der Waals surface area contributed by atoms with E-state index in [-0.39, 0.29) is 6.42 Å². The van der Waals surface area contributed by atoms with Crippen LogP contribution in [-0.4, -0.2) is 57.3 Å². The lowest BCUT2D eigenvalue weighted by atomic mass is 9.52. The van der Waals surface area contributed by atoms with Crippen LogP contribution in [0.5, 0.6) is 0 Å². The molecule has 5 fully saturated rings. The Labute approximate surface area is 126 Å². The second-order valence-electron chi connectivity index (χ2n) is 8.06. The molecule has 2 N–H and O–H groups in total. The largest absolute Gasteiger partial charge is 0.458 e. The van der Waals surface area contributed by atoms with Gasteiger partial charge in [0, 0.05) is 12.3 Å². The maximum atomic E-state index is 12.4. The van der Waals surface area contributed by atoms with Gasteiger partial charge in [-0.2, -0.15) is 0 Å². The molecule has 8 atom stereocenters. The quantitative estimate of drug-likeness (QED) is 0.479. The van der Waals surface area contributed by atoms with Gasteiger partial charge in [0.2, 0.25) is 5.60 Å². The summed E-state index contributed by atoms with van der Waals surface area (Å²) in [6, 6.07) is 0. The van der Waals surface area contributed by atoms with E-state index in [1.54, 1.807) is 20.8 Å². The van der Waals surface area contributed by atoms with Gasteiger partial charge in [0.25, 0.3) is 0 Å². The van der Waals surface area contributed by atoms with Crippen molar-refractivity contribution in [2.24, 2.45) is 17.3 Å². The highest BCUT2D eigenvalue weighted by molar-refractivity contribution is 5.91. The van der Waals surface area contributed by atoms with Gasteiger partial charge in [-0.15, -0.1) is 0 Å². The van der Waals surface area contributed by atoms with Gasteiger partial charge in [-0.25, -0.2) is 4.79 Å². The molecule has 2 bridgehead atoms. The summed E-state index contributed by atoms with van der Waals surface area (Å²) < 4.78 is 16.5. The van der Waals surface area contributed by atoms with Gasteiger partial charge in [-0.1, -0.05) is 0 Å². The zero-order valence-corrected chi connectivity index (χ0v) is 12.5. The van der Waals surface area contributed by atoms with E-state index < -0.39 is 64.3 Å². The summed E-state index contributed by atoms with van der Waals surface area (Å²) in [6.07, 6.45) is -1.78. The van der Waals surface area contributed by atoms with Crippen molar-refractivity contribution >= 4 is 11.9 Å². The van der Waals surface area contributed by atoms with E-state index in [0.717, 1.165) is 0 Å². The number of aliphatic hydroxyl groups is 2. The summed E-state index contributed by atoms with van der Waals surface area (Å²) in [6.45, 7) is 4.92. The van der Waals surface area contributed by atoms with Crippen LogP contribution in [-0.2, 0) is 23.8 Å². The number of ether oxygens (including phenoxy) is 3. The first-order valence-corrected chi connectivity index (χ1v) is 7.63. The summed E-state index contributed by atoms with van der Waals surface area (Å²) in [7, 11) is 0. The van der Waals surface area contributed by atoms with E-state index in [9.17, 15) is 19.8 Å². The predicted octanol–water partition coefficient (Wildman–Crippen LogP) is -0.867. The summed E-state index contributed by atoms with van der Waals surface area (Å²) in [5.41, 5.74) is -4.89. The smallest absolute Gasteiger partial charge is 0.342 e. The van der Waals surface area contributed by atoms with Crippen LogP contribution in [0.25, 0.3) is 0 Å². The first-order valence-electron chi connectivity index (χ1n) is 7.63. The predicted molar refractivity (Wildman–Crippen MR) is 68.3 cm³/mol. The standard InChI is InChI=1S/C15H18O7/c1-12(2,18)6-7-10(16)20-8(6)9-13(3)14(7,19)4-5-15(13,22-5)11(17)21-9/h5-9,18-19H,4H2,1-3H3/t5-,6?,7-,8-,9-,13?,14?,15?/m1/s1. The number of hydrogen-bond donors (Lipinski definition) is 2. The van der Waals surface area contributed by atoms with Crippen LogP contribution < -0.4 is 0 Å². The van der Waals surface area contributed by atoms with Crippen LogP contribution in [0.3, 0.4) is 0 Å². The Morgan fingerprint density at radius 3 is 2.59 bits per heavy atom. The van der Waals surface area contributed by atoms with Gasteiger partial charge < -0.3 is 24.4 Å². The lowest BCUT2D eigenvalue weighted by Gasteiger charge is -2.53. The highest BCUT2D eigenvalue weighted by Gasteiger charge is 2.95. The molecular weight excluding hydrogens is 292 g/mol. The molecule has 3 saturated heterocycles. The van der Waals surface area contributed by atoms with E-state index in [1.807, 2.05) is 0 Å². The summed E-state index contributed by atoms with van der Waals surface area (Å²) in [4.78, 5) is 24.8. The molecule has 0 radical (unpaired) electrons. The highest BCUT2D eigenvalue weighted by atomic mass is 16.7. The molecule has 1 spiro atoms. The van der Waals surface area contributed by atoms with Crippen molar-refractivity contribution in [3.05, 3.63) is 0 Å². The maximum Gasteiger partial charge on any atom is 0.342 e. The Bertz CT molecular complexity index is 638. The molecule has 2 saturated carbocycles. The average molecular weight is 310 g/mol. The zero-order chi connectivity index (χ0) is 15.9. The number of carbonyl (C=O) groups excluding carboxylic acids is 2. The molecule has 2 aliphatic carbocycles. The molecule has 3 heterocycles. The third-order valence-electron chi connectivity index (χ3n) is 6.85. The second kappa shape index (κ2) is 3.07. The minimum atomic E-state index is -1.47. The molecule has 0 amide bonds. The average Bonchev–Trinajstić information content (AvgIpc) is 2.85. The van der Waals surface area contributed by atoms with Gasteiger partial charge >= 0.3 is 11.9 Å². The van der Waals surface area contributed by atoms with E-state index in [0.29, 0.717) is 0 Å². The number of carbonyl (C=O) groups is 2. The van der Waals surface area contributed by atoms with Crippen LogP contribution >= 0.6 is 0 Å². The Balaban J connectivity index is 1.76. The molecule has 22 heavy (non-hydrogen) atoms. The summed E-state index contributed by atoms with van der Waals surface area (Å²) in [5, 5.41) is 21.9. The van der Waals surface area contributed by atoms with Crippen molar-refractivity contribution in [3.8, 4) is 0 Å². The maximum absolute atomic E-state index is 12.4.